The van der Waals surface area contributed by atoms with Crippen LogP contribution >= 0.6 is 11.6 Å². The Labute approximate surface area is 121 Å². The van der Waals surface area contributed by atoms with Crippen LogP contribution in [0.25, 0.3) is 0 Å². The summed E-state index contributed by atoms with van der Waals surface area (Å²) in [6.07, 6.45) is 1.73. The van der Waals surface area contributed by atoms with Gasteiger partial charge in [0.2, 0.25) is 5.91 Å². The number of phenolic OH excluding ortho intramolecular Hbond substituents is 1. The van der Waals surface area contributed by atoms with Crippen LogP contribution in [-0.4, -0.2) is 17.2 Å². The van der Waals surface area contributed by atoms with Crippen LogP contribution < -0.4 is 5.43 Å². The number of hydrogen-bond acceptors (Lipinski definition) is 3. The number of aromatic hydroxyl groups is 1. The zero-order valence-electron chi connectivity index (χ0n) is 10.6. The average Bonchev–Trinajstić information content (AvgIpc) is 2.41. The van der Waals surface area contributed by atoms with Crippen molar-refractivity contribution in [2.75, 3.05) is 0 Å². The van der Waals surface area contributed by atoms with Gasteiger partial charge in [0.05, 0.1) is 12.6 Å². The second-order valence-corrected chi connectivity index (χ2v) is 4.63. The number of nitrogens with one attached hydrogen (secondary N) is 1. The van der Waals surface area contributed by atoms with Crippen LogP contribution in [-0.2, 0) is 11.2 Å². The number of carbonyl (C=O) groups excluding carboxylic acids is 1. The lowest BCUT2D eigenvalue weighted by Gasteiger charge is -2.00. The highest BCUT2D eigenvalue weighted by molar-refractivity contribution is 6.30. The largest absolute Gasteiger partial charge is 0.508 e. The Bertz CT molecular complexity index is 624. The Balaban J connectivity index is 1.87. The van der Waals surface area contributed by atoms with Gasteiger partial charge in [0.25, 0.3) is 0 Å². The topological polar surface area (TPSA) is 61.7 Å². The second-order valence-electron chi connectivity index (χ2n) is 4.19. The number of phenols is 1. The van der Waals surface area contributed by atoms with Crippen LogP contribution in [0, 0.1) is 0 Å². The van der Waals surface area contributed by atoms with E-state index in [2.05, 4.69) is 10.5 Å². The van der Waals surface area contributed by atoms with Crippen molar-refractivity contribution < 1.29 is 9.90 Å². The third kappa shape index (κ3) is 4.40. The van der Waals surface area contributed by atoms with Gasteiger partial charge in [-0.3, -0.25) is 4.79 Å². The fourth-order valence-corrected chi connectivity index (χ4v) is 1.80. The molecular weight excluding hydrogens is 276 g/mol. The summed E-state index contributed by atoms with van der Waals surface area (Å²) >= 11 is 5.84. The van der Waals surface area contributed by atoms with Crippen molar-refractivity contribution in [1.29, 1.82) is 0 Å². The van der Waals surface area contributed by atoms with E-state index in [0.717, 1.165) is 11.1 Å². The maximum Gasteiger partial charge on any atom is 0.244 e. The number of benzene rings is 2. The Morgan fingerprint density at radius 1 is 1.25 bits per heavy atom. The first-order chi connectivity index (χ1) is 9.63. The minimum atomic E-state index is -0.228. The molecule has 0 heterocycles. The minimum absolute atomic E-state index is 0.174. The van der Waals surface area contributed by atoms with E-state index >= 15 is 0 Å². The molecule has 2 N–H and O–H groups in total. The molecule has 2 aromatic rings. The van der Waals surface area contributed by atoms with Crippen molar-refractivity contribution in [3.8, 4) is 5.75 Å². The summed E-state index contributed by atoms with van der Waals surface area (Å²) in [5.74, 6) is -0.0536. The van der Waals surface area contributed by atoms with Gasteiger partial charge in [-0.05, 0) is 35.4 Å². The standard InChI is InChI=1S/C15H13ClN2O2/c16-13-3-1-2-12(8-13)10-17-18-15(20)9-11-4-6-14(19)7-5-11/h1-8,10,19H,9H2,(H,18,20)/b17-10-. The molecule has 2 rings (SSSR count). The first kappa shape index (κ1) is 14.1. The summed E-state index contributed by atoms with van der Waals surface area (Å²) < 4.78 is 0. The van der Waals surface area contributed by atoms with Gasteiger partial charge >= 0.3 is 0 Å². The number of halogens is 1. The maximum absolute atomic E-state index is 11.6. The molecule has 0 saturated heterocycles. The monoisotopic (exact) mass is 288 g/mol. The Morgan fingerprint density at radius 2 is 2.00 bits per heavy atom. The molecule has 0 aliphatic carbocycles. The molecule has 0 spiro atoms. The van der Waals surface area contributed by atoms with E-state index in [-0.39, 0.29) is 18.1 Å². The lowest BCUT2D eigenvalue weighted by molar-refractivity contribution is -0.120. The minimum Gasteiger partial charge on any atom is -0.508 e. The molecule has 102 valence electrons. The van der Waals surface area contributed by atoms with Crippen LogP contribution in [0.1, 0.15) is 11.1 Å². The van der Waals surface area contributed by atoms with E-state index in [9.17, 15) is 4.79 Å². The highest BCUT2D eigenvalue weighted by Gasteiger charge is 2.01. The van der Waals surface area contributed by atoms with Crippen LogP contribution in [0.3, 0.4) is 0 Å². The van der Waals surface area contributed by atoms with Gasteiger partial charge in [0, 0.05) is 5.02 Å². The van der Waals surface area contributed by atoms with Gasteiger partial charge in [0.1, 0.15) is 5.75 Å². The zero-order chi connectivity index (χ0) is 14.4. The third-order valence-electron chi connectivity index (χ3n) is 2.55. The van der Waals surface area contributed by atoms with E-state index in [1.165, 1.54) is 18.3 Å². The maximum atomic E-state index is 11.6. The van der Waals surface area contributed by atoms with Crippen molar-refractivity contribution in [3.63, 3.8) is 0 Å². The van der Waals surface area contributed by atoms with Crippen molar-refractivity contribution in [2.24, 2.45) is 5.10 Å². The number of amides is 1. The van der Waals surface area contributed by atoms with E-state index in [1.54, 1.807) is 24.3 Å². The average molecular weight is 289 g/mol. The van der Waals surface area contributed by atoms with Crippen LogP contribution in [0.2, 0.25) is 5.02 Å². The van der Waals surface area contributed by atoms with Crippen molar-refractivity contribution in [2.45, 2.75) is 6.42 Å². The molecule has 0 aliphatic rings. The van der Waals surface area contributed by atoms with Gasteiger partial charge in [-0.15, -0.1) is 0 Å². The highest BCUT2D eigenvalue weighted by Crippen LogP contribution is 2.10. The molecule has 20 heavy (non-hydrogen) atoms. The van der Waals surface area contributed by atoms with E-state index in [4.69, 9.17) is 16.7 Å². The molecular formula is C15H13ClN2O2. The van der Waals surface area contributed by atoms with Crippen molar-refractivity contribution in [1.82, 2.24) is 5.43 Å². The van der Waals surface area contributed by atoms with Gasteiger partial charge in [0.15, 0.2) is 0 Å². The second kappa shape index (κ2) is 6.73. The summed E-state index contributed by atoms with van der Waals surface area (Å²) in [4.78, 5) is 11.6. The summed E-state index contributed by atoms with van der Waals surface area (Å²) in [5.41, 5.74) is 4.05. The first-order valence-electron chi connectivity index (χ1n) is 5.99. The van der Waals surface area contributed by atoms with Crippen molar-refractivity contribution >= 4 is 23.7 Å². The van der Waals surface area contributed by atoms with Crippen LogP contribution in [0.15, 0.2) is 53.6 Å². The quantitative estimate of drug-likeness (QED) is 0.671. The Morgan fingerprint density at radius 3 is 2.70 bits per heavy atom. The number of carbonyl (C=O) groups is 1. The van der Waals surface area contributed by atoms with Gasteiger partial charge in [-0.2, -0.15) is 5.10 Å². The number of nitrogens with zero attached hydrogens (tertiary/aromatic N) is 1. The predicted molar refractivity (Wildman–Crippen MR) is 79.0 cm³/mol. The fraction of sp³-hybridized carbons (Fsp3) is 0.0667. The number of hydrogen-bond donors (Lipinski definition) is 2. The van der Waals surface area contributed by atoms with E-state index in [0.29, 0.717) is 5.02 Å². The highest BCUT2D eigenvalue weighted by atomic mass is 35.5. The molecule has 1 amide bonds. The van der Waals surface area contributed by atoms with Gasteiger partial charge in [-0.25, -0.2) is 5.43 Å². The number of hydrazone groups is 1. The van der Waals surface area contributed by atoms with E-state index < -0.39 is 0 Å². The molecule has 0 aromatic heterocycles. The first-order valence-corrected chi connectivity index (χ1v) is 6.36. The normalized spacial score (nSPS) is 10.7. The summed E-state index contributed by atoms with van der Waals surface area (Å²) in [5, 5.41) is 13.6. The SMILES string of the molecule is O=C(Cc1ccc(O)cc1)N/N=C\c1cccc(Cl)c1. The summed E-state index contributed by atoms with van der Waals surface area (Å²) in [6, 6.07) is 13.6. The molecule has 2 aromatic carbocycles. The molecule has 0 unspecified atom stereocenters. The fourth-order valence-electron chi connectivity index (χ4n) is 1.60. The molecule has 0 fully saturated rings. The molecule has 4 nitrogen and oxygen atoms in total. The van der Waals surface area contributed by atoms with Crippen LogP contribution in [0.4, 0.5) is 0 Å². The molecule has 0 aliphatic heterocycles. The lowest BCUT2D eigenvalue weighted by Crippen LogP contribution is -2.19. The Kier molecular flexibility index (Phi) is 4.74. The Hall–Kier alpha value is -2.33. The van der Waals surface area contributed by atoms with Crippen LogP contribution in [0.5, 0.6) is 5.75 Å². The molecule has 0 radical (unpaired) electrons. The van der Waals surface area contributed by atoms with Gasteiger partial charge in [-0.1, -0.05) is 35.9 Å². The summed E-state index contributed by atoms with van der Waals surface area (Å²) in [7, 11) is 0. The number of rotatable bonds is 4. The smallest absolute Gasteiger partial charge is 0.244 e. The molecule has 5 heteroatoms. The van der Waals surface area contributed by atoms with E-state index in [1.807, 2.05) is 12.1 Å². The lowest BCUT2D eigenvalue weighted by atomic mass is 10.1. The molecule has 0 bridgehead atoms. The van der Waals surface area contributed by atoms with Crippen molar-refractivity contribution in [3.05, 3.63) is 64.7 Å². The third-order valence-corrected chi connectivity index (χ3v) is 2.79. The van der Waals surface area contributed by atoms with Gasteiger partial charge < -0.3 is 5.11 Å². The summed E-state index contributed by atoms with van der Waals surface area (Å²) in [6.45, 7) is 0. The zero-order valence-corrected chi connectivity index (χ0v) is 11.3. The molecule has 0 saturated carbocycles. The predicted octanol–water partition coefficient (Wildman–Crippen LogP) is 2.74. The molecule has 0 atom stereocenters.